The number of alkyl halides is 3. The highest BCUT2D eigenvalue weighted by molar-refractivity contribution is 5.68. The van der Waals surface area contributed by atoms with Crippen molar-refractivity contribution in [2.45, 2.75) is 6.18 Å². The van der Waals surface area contributed by atoms with Crippen LogP contribution in [0.15, 0.2) is 42.6 Å². The summed E-state index contributed by atoms with van der Waals surface area (Å²) in [5.41, 5.74) is -0.126. The molecule has 2 nitrogen and oxygen atoms in total. The number of halogens is 3. The van der Waals surface area contributed by atoms with Crippen molar-refractivity contribution in [2.75, 3.05) is 7.11 Å². The third-order valence-corrected chi connectivity index (χ3v) is 2.49. The number of nitrogens with zero attached hydrogens (tertiary/aromatic N) is 1. The molecule has 1 aromatic heterocycles. The first kappa shape index (κ1) is 12.4. The summed E-state index contributed by atoms with van der Waals surface area (Å²) in [6.07, 6.45) is -2.96. The second-order valence-electron chi connectivity index (χ2n) is 3.63. The zero-order valence-corrected chi connectivity index (χ0v) is 9.53. The molecular weight excluding hydrogens is 243 g/mol. The predicted molar refractivity (Wildman–Crippen MR) is 61.2 cm³/mol. The molecule has 5 heteroatoms. The Kier molecular flexibility index (Phi) is 3.23. The van der Waals surface area contributed by atoms with Gasteiger partial charge in [-0.15, -0.1) is 0 Å². The largest absolute Gasteiger partial charge is 0.481 e. The van der Waals surface area contributed by atoms with Gasteiger partial charge < -0.3 is 4.74 Å². The first-order valence-corrected chi connectivity index (χ1v) is 5.19. The van der Waals surface area contributed by atoms with E-state index in [0.29, 0.717) is 5.56 Å². The summed E-state index contributed by atoms with van der Waals surface area (Å²) >= 11 is 0. The fourth-order valence-corrected chi connectivity index (χ4v) is 1.67. The van der Waals surface area contributed by atoms with E-state index in [1.807, 2.05) is 0 Å². The Morgan fingerprint density at radius 3 is 2.50 bits per heavy atom. The molecule has 1 aromatic carbocycles. The maximum Gasteiger partial charge on any atom is 0.417 e. The van der Waals surface area contributed by atoms with Crippen molar-refractivity contribution in [3.05, 3.63) is 48.2 Å². The molecular formula is C13H10F3NO. The predicted octanol–water partition coefficient (Wildman–Crippen LogP) is 3.78. The number of aromatic nitrogens is 1. The molecule has 0 amide bonds. The summed E-state index contributed by atoms with van der Waals surface area (Å²) in [6, 6.07) is 8.42. The summed E-state index contributed by atoms with van der Waals surface area (Å²) in [5, 5.41) is 0. The van der Waals surface area contributed by atoms with Crippen molar-refractivity contribution in [2.24, 2.45) is 0 Å². The van der Waals surface area contributed by atoms with E-state index >= 15 is 0 Å². The number of hydrogen-bond acceptors (Lipinski definition) is 2. The first-order chi connectivity index (χ1) is 8.52. The number of rotatable bonds is 2. The lowest BCUT2D eigenvalue weighted by molar-refractivity contribution is -0.137. The summed E-state index contributed by atoms with van der Waals surface area (Å²) in [5.74, 6) is 0.282. The molecule has 0 spiro atoms. The van der Waals surface area contributed by atoms with Crippen molar-refractivity contribution in [1.29, 1.82) is 0 Å². The monoisotopic (exact) mass is 253 g/mol. The molecule has 2 aromatic rings. The van der Waals surface area contributed by atoms with Gasteiger partial charge in [0, 0.05) is 12.3 Å². The molecule has 0 N–H and O–H groups in total. The molecule has 0 aliphatic rings. The van der Waals surface area contributed by atoms with E-state index < -0.39 is 11.7 Å². The third-order valence-electron chi connectivity index (χ3n) is 2.49. The van der Waals surface area contributed by atoms with Crippen LogP contribution in [0, 0.1) is 0 Å². The van der Waals surface area contributed by atoms with Gasteiger partial charge in [-0.2, -0.15) is 13.2 Å². The van der Waals surface area contributed by atoms with Gasteiger partial charge >= 0.3 is 6.18 Å². The molecule has 0 saturated heterocycles. The van der Waals surface area contributed by atoms with Gasteiger partial charge in [-0.3, -0.25) is 0 Å². The Morgan fingerprint density at radius 1 is 1.11 bits per heavy atom. The average molecular weight is 253 g/mol. The van der Waals surface area contributed by atoms with Gasteiger partial charge in [0.2, 0.25) is 5.88 Å². The van der Waals surface area contributed by atoms with E-state index in [9.17, 15) is 13.2 Å². The summed E-state index contributed by atoms with van der Waals surface area (Å²) in [7, 11) is 1.42. The molecule has 94 valence electrons. The van der Waals surface area contributed by atoms with E-state index in [0.717, 1.165) is 6.07 Å². The van der Waals surface area contributed by atoms with Crippen LogP contribution in [0.5, 0.6) is 5.88 Å². The minimum absolute atomic E-state index is 0.116. The molecule has 0 unspecified atom stereocenters. The van der Waals surface area contributed by atoms with Crippen LogP contribution in [0.3, 0.4) is 0 Å². The van der Waals surface area contributed by atoms with Crippen LogP contribution in [0.2, 0.25) is 0 Å². The number of ether oxygens (including phenoxy) is 1. The number of methoxy groups -OCH3 is 1. The molecule has 0 radical (unpaired) electrons. The van der Waals surface area contributed by atoms with E-state index in [1.165, 1.54) is 37.6 Å². The van der Waals surface area contributed by atoms with Gasteiger partial charge in [0.05, 0.1) is 12.7 Å². The molecule has 1 heterocycles. The molecule has 0 fully saturated rings. The van der Waals surface area contributed by atoms with Crippen molar-refractivity contribution >= 4 is 0 Å². The maximum atomic E-state index is 12.9. The average Bonchev–Trinajstić information content (AvgIpc) is 2.38. The van der Waals surface area contributed by atoms with Crippen LogP contribution in [0.1, 0.15) is 5.56 Å². The van der Waals surface area contributed by atoms with E-state index in [2.05, 4.69) is 4.98 Å². The SMILES string of the molecule is COc1cc(-c2ccccc2C(F)(F)F)ccn1. The van der Waals surface area contributed by atoms with Crippen LogP contribution in [-0.4, -0.2) is 12.1 Å². The second-order valence-corrected chi connectivity index (χ2v) is 3.63. The third kappa shape index (κ3) is 2.45. The minimum atomic E-state index is -4.38. The van der Waals surface area contributed by atoms with E-state index in [-0.39, 0.29) is 11.4 Å². The number of benzene rings is 1. The standard InChI is InChI=1S/C13H10F3NO/c1-18-12-8-9(6-7-17-12)10-4-2-3-5-11(10)13(14,15)16/h2-8H,1H3. The lowest BCUT2D eigenvalue weighted by Gasteiger charge is -2.12. The molecule has 2 rings (SSSR count). The maximum absolute atomic E-state index is 12.9. The zero-order valence-electron chi connectivity index (χ0n) is 9.53. The van der Waals surface area contributed by atoms with Gasteiger partial charge in [0.1, 0.15) is 0 Å². The van der Waals surface area contributed by atoms with Crippen molar-refractivity contribution in [3.63, 3.8) is 0 Å². The highest BCUT2D eigenvalue weighted by atomic mass is 19.4. The van der Waals surface area contributed by atoms with Gasteiger partial charge in [-0.25, -0.2) is 4.98 Å². The fraction of sp³-hybridized carbons (Fsp3) is 0.154. The Labute approximate surface area is 102 Å². The normalized spacial score (nSPS) is 11.3. The summed E-state index contributed by atoms with van der Waals surface area (Å²) < 4.78 is 43.5. The fourth-order valence-electron chi connectivity index (χ4n) is 1.67. The van der Waals surface area contributed by atoms with Crippen molar-refractivity contribution in [1.82, 2.24) is 4.98 Å². The van der Waals surface area contributed by atoms with Gasteiger partial charge in [-0.1, -0.05) is 18.2 Å². The summed E-state index contributed by atoms with van der Waals surface area (Å²) in [4.78, 5) is 3.87. The Bertz CT molecular complexity index is 552. The van der Waals surface area contributed by atoms with E-state index in [1.54, 1.807) is 6.07 Å². The zero-order chi connectivity index (χ0) is 13.2. The molecule has 0 aliphatic heterocycles. The Balaban J connectivity index is 2.57. The Morgan fingerprint density at radius 2 is 1.83 bits per heavy atom. The smallest absolute Gasteiger partial charge is 0.417 e. The van der Waals surface area contributed by atoms with Crippen molar-refractivity contribution < 1.29 is 17.9 Å². The van der Waals surface area contributed by atoms with Crippen LogP contribution in [-0.2, 0) is 6.18 Å². The molecule has 0 saturated carbocycles. The highest BCUT2D eigenvalue weighted by Gasteiger charge is 2.33. The van der Waals surface area contributed by atoms with Gasteiger partial charge in [0.15, 0.2) is 0 Å². The quantitative estimate of drug-likeness (QED) is 0.812. The second kappa shape index (κ2) is 4.68. The van der Waals surface area contributed by atoms with Crippen molar-refractivity contribution in [3.8, 4) is 17.0 Å². The minimum Gasteiger partial charge on any atom is -0.481 e. The topological polar surface area (TPSA) is 22.1 Å². The van der Waals surface area contributed by atoms with Crippen LogP contribution in [0.25, 0.3) is 11.1 Å². The molecule has 0 atom stereocenters. The number of pyridine rings is 1. The first-order valence-electron chi connectivity index (χ1n) is 5.19. The molecule has 0 bridgehead atoms. The van der Waals surface area contributed by atoms with Crippen LogP contribution < -0.4 is 4.74 Å². The molecule has 18 heavy (non-hydrogen) atoms. The van der Waals surface area contributed by atoms with Gasteiger partial charge in [-0.05, 0) is 23.3 Å². The van der Waals surface area contributed by atoms with Gasteiger partial charge in [0.25, 0.3) is 0 Å². The van der Waals surface area contributed by atoms with Crippen LogP contribution >= 0.6 is 0 Å². The lowest BCUT2D eigenvalue weighted by Crippen LogP contribution is -2.06. The lowest BCUT2D eigenvalue weighted by atomic mass is 10.0. The van der Waals surface area contributed by atoms with Crippen LogP contribution in [0.4, 0.5) is 13.2 Å². The summed E-state index contributed by atoms with van der Waals surface area (Å²) in [6.45, 7) is 0. The van der Waals surface area contributed by atoms with E-state index in [4.69, 9.17) is 4.74 Å². The highest BCUT2D eigenvalue weighted by Crippen LogP contribution is 2.37. The molecule has 0 aliphatic carbocycles. The Hall–Kier alpha value is -2.04. The number of hydrogen-bond donors (Lipinski definition) is 0.